The average molecular weight is 528 g/mol. The number of fused-ring (bicyclic) bond motifs is 2. The molecule has 0 aromatic heterocycles. The van der Waals surface area contributed by atoms with Crippen molar-refractivity contribution in [3.05, 3.63) is 23.8 Å². The number of amides is 1. The summed E-state index contributed by atoms with van der Waals surface area (Å²) in [5.74, 6) is 1.45. The van der Waals surface area contributed by atoms with Gasteiger partial charge in [0.15, 0.2) is 5.96 Å². The molecule has 3 atom stereocenters. The highest BCUT2D eigenvalue weighted by Gasteiger charge is 2.38. The van der Waals surface area contributed by atoms with Gasteiger partial charge in [0.2, 0.25) is 5.91 Å². The summed E-state index contributed by atoms with van der Waals surface area (Å²) in [5.41, 5.74) is 13.7. The summed E-state index contributed by atoms with van der Waals surface area (Å²) in [7, 11) is 0. The summed E-state index contributed by atoms with van der Waals surface area (Å²) in [6.07, 6.45) is 9.95. The molecule has 1 aliphatic carbocycles. The molecule has 2 aliphatic heterocycles. The van der Waals surface area contributed by atoms with Crippen LogP contribution in [0.25, 0.3) is 0 Å². The van der Waals surface area contributed by atoms with E-state index in [1.54, 1.807) is 4.90 Å². The number of nitrogens with zero attached hydrogens (tertiary/aromatic N) is 3. The van der Waals surface area contributed by atoms with Crippen LogP contribution in [-0.2, 0) is 20.9 Å². The maximum Gasteiger partial charge on any atom is 0.325 e. The van der Waals surface area contributed by atoms with E-state index < -0.39 is 0 Å². The van der Waals surface area contributed by atoms with Crippen LogP contribution >= 0.6 is 0 Å². The predicted octanol–water partition coefficient (Wildman–Crippen LogP) is 3.71. The molecule has 0 radical (unpaired) electrons. The molecule has 3 unspecified atom stereocenters. The summed E-state index contributed by atoms with van der Waals surface area (Å²) < 4.78 is 11.4. The third-order valence-corrected chi connectivity index (χ3v) is 8.04. The normalized spacial score (nSPS) is 22.3. The Hall–Kier alpha value is -2.81. The van der Waals surface area contributed by atoms with Crippen molar-refractivity contribution < 1.29 is 19.1 Å². The molecule has 210 valence electrons. The van der Waals surface area contributed by atoms with Crippen LogP contribution < -0.4 is 16.2 Å². The van der Waals surface area contributed by atoms with Gasteiger partial charge < -0.3 is 25.8 Å². The van der Waals surface area contributed by atoms with Crippen LogP contribution in [0.4, 0.5) is 5.69 Å². The number of esters is 1. The van der Waals surface area contributed by atoms with E-state index in [9.17, 15) is 9.59 Å². The average Bonchev–Trinajstić information content (AvgIpc) is 2.90. The van der Waals surface area contributed by atoms with Crippen molar-refractivity contribution in [1.82, 2.24) is 9.80 Å². The number of nitrogens with two attached hydrogens (primary N) is 2. The molecule has 2 heterocycles. The fraction of sp³-hybridized carbons (Fsp3) is 0.690. The Labute approximate surface area is 226 Å². The van der Waals surface area contributed by atoms with E-state index in [0.717, 1.165) is 43.7 Å². The Morgan fingerprint density at radius 3 is 2.71 bits per heavy atom. The smallest absolute Gasteiger partial charge is 0.325 e. The number of para-hydroxylation sites is 1. The number of benzene rings is 1. The van der Waals surface area contributed by atoms with Crippen molar-refractivity contribution in [2.75, 3.05) is 26.3 Å². The summed E-state index contributed by atoms with van der Waals surface area (Å²) in [6.45, 7) is 6.42. The van der Waals surface area contributed by atoms with Gasteiger partial charge >= 0.3 is 5.97 Å². The van der Waals surface area contributed by atoms with Gasteiger partial charge in [-0.2, -0.15) is 0 Å². The topological polar surface area (TPSA) is 123 Å². The van der Waals surface area contributed by atoms with Crippen LogP contribution in [-0.4, -0.2) is 66.0 Å². The Balaban J connectivity index is 1.27. The quantitative estimate of drug-likeness (QED) is 0.314. The molecule has 3 aliphatic rings. The molecule has 1 saturated heterocycles. The van der Waals surface area contributed by atoms with Crippen molar-refractivity contribution in [1.29, 1.82) is 0 Å². The highest BCUT2D eigenvalue weighted by Crippen LogP contribution is 2.37. The number of carbonyl (C=O) groups excluding carboxylic acids is 2. The monoisotopic (exact) mass is 527 g/mol. The SMILES string of the molecule is CC(C)COC(=O)CN1Cc2cccc(OCCCCC(C(N)=O)N3CCCC4CCCCC43)c2N=C1N. The summed E-state index contributed by atoms with van der Waals surface area (Å²) in [6, 6.07) is 6.13. The lowest BCUT2D eigenvalue weighted by atomic mass is 9.77. The number of primary amides is 1. The van der Waals surface area contributed by atoms with E-state index in [1.807, 2.05) is 32.0 Å². The number of piperidine rings is 1. The number of carbonyl (C=O) groups is 2. The number of ether oxygens (including phenoxy) is 2. The van der Waals surface area contributed by atoms with Crippen molar-refractivity contribution in [3.63, 3.8) is 0 Å². The van der Waals surface area contributed by atoms with Gasteiger partial charge in [-0.1, -0.05) is 38.8 Å². The molecule has 9 heteroatoms. The van der Waals surface area contributed by atoms with Crippen LogP contribution in [0.5, 0.6) is 5.75 Å². The number of guanidine groups is 1. The molecular weight excluding hydrogens is 482 g/mol. The third-order valence-electron chi connectivity index (χ3n) is 8.04. The number of hydrogen-bond donors (Lipinski definition) is 2. The van der Waals surface area contributed by atoms with E-state index >= 15 is 0 Å². The van der Waals surface area contributed by atoms with Crippen molar-refractivity contribution in [3.8, 4) is 5.75 Å². The zero-order valence-corrected chi connectivity index (χ0v) is 23.1. The second kappa shape index (κ2) is 13.3. The van der Waals surface area contributed by atoms with Gasteiger partial charge in [0.1, 0.15) is 18.0 Å². The fourth-order valence-electron chi connectivity index (χ4n) is 6.15. The molecule has 1 aromatic carbocycles. The minimum Gasteiger partial charge on any atom is -0.491 e. The Morgan fingerprint density at radius 1 is 1.13 bits per heavy atom. The molecule has 1 aromatic rings. The van der Waals surface area contributed by atoms with Gasteiger partial charge in [-0.25, -0.2) is 4.99 Å². The fourth-order valence-corrected chi connectivity index (χ4v) is 6.15. The minimum absolute atomic E-state index is 0.0617. The van der Waals surface area contributed by atoms with E-state index in [4.69, 9.17) is 20.9 Å². The molecule has 4 N–H and O–H groups in total. The Morgan fingerprint density at radius 2 is 1.92 bits per heavy atom. The molecule has 2 fully saturated rings. The highest BCUT2D eigenvalue weighted by atomic mass is 16.5. The van der Waals surface area contributed by atoms with E-state index in [-0.39, 0.29) is 36.3 Å². The first kappa shape index (κ1) is 28.2. The lowest BCUT2D eigenvalue weighted by Crippen LogP contribution is -2.55. The van der Waals surface area contributed by atoms with Crippen molar-refractivity contribution >= 4 is 23.5 Å². The number of unbranched alkanes of at least 4 members (excludes halogenated alkanes) is 1. The second-order valence-corrected chi connectivity index (χ2v) is 11.4. The third kappa shape index (κ3) is 7.18. The predicted molar refractivity (Wildman–Crippen MR) is 148 cm³/mol. The van der Waals surface area contributed by atoms with E-state index in [1.165, 1.54) is 32.1 Å². The largest absolute Gasteiger partial charge is 0.491 e. The van der Waals surface area contributed by atoms with Crippen molar-refractivity contribution in [2.24, 2.45) is 28.3 Å². The van der Waals surface area contributed by atoms with Crippen LogP contribution in [0.3, 0.4) is 0 Å². The van der Waals surface area contributed by atoms with Gasteiger partial charge in [0.05, 0.1) is 19.3 Å². The number of hydrogen-bond acceptors (Lipinski definition) is 8. The van der Waals surface area contributed by atoms with Gasteiger partial charge in [0.25, 0.3) is 0 Å². The molecule has 1 saturated carbocycles. The second-order valence-electron chi connectivity index (χ2n) is 11.4. The lowest BCUT2D eigenvalue weighted by molar-refractivity contribution is -0.145. The molecule has 4 rings (SSSR count). The first-order valence-electron chi connectivity index (χ1n) is 14.4. The van der Waals surface area contributed by atoms with E-state index in [0.29, 0.717) is 37.2 Å². The molecule has 9 nitrogen and oxygen atoms in total. The molecule has 0 bridgehead atoms. The van der Waals surface area contributed by atoms with Gasteiger partial charge in [-0.3, -0.25) is 14.5 Å². The van der Waals surface area contributed by atoms with Crippen molar-refractivity contribution in [2.45, 2.75) is 90.3 Å². The molecule has 0 spiro atoms. The minimum atomic E-state index is -0.314. The zero-order chi connectivity index (χ0) is 27.1. The maximum absolute atomic E-state index is 12.4. The Bertz CT molecular complexity index is 995. The summed E-state index contributed by atoms with van der Waals surface area (Å²) >= 11 is 0. The summed E-state index contributed by atoms with van der Waals surface area (Å²) in [4.78, 5) is 33.3. The van der Waals surface area contributed by atoms with Crippen LogP contribution in [0, 0.1) is 11.8 Å². The van der Waals surface area contributed by atoms with Crippen LogP contribution in [0.2, 0.25) is 0 Å². The molecule has 38 heavy (non-hydrogen) atoms. The van der Waals surface area contributed by atoms with Crippen LogP contribution in [0.1, 0.15) is 77.2 Å². The molecular formula is C29H45N5O4. The van der Waals surface area contributed by atoms with Gasteiger partial charge in [-0.15, -0.1) is 0 Å². The first-order chi connectivity index (χ1) is 18.3. The summed E-state index contributed by atoms with van der Waals surface area (Å²) in [5, 5.41) is 0. The maximum atomic E-state index is 12.4. The molecule has 1 amide bonds. The van der Waals surface area contributed by atoms with Gasteiger partial charge in [-0.05, 0) is 69.4 Å². The zero-order valence-electron chi connectivity index (χ0n) is 23.1. The highest BCUT2D eigenvalue weighted by molar-refractivity contribution is 5.88. The first-order valence-corrected chi connectivity index (χ1v) is 14.4. The Kier molecular flexibility index (Phi) is 9.88. The number of aliphatic imine (C=N–C) groups is 1. The van der Waals surface area contributed by atoms with E-state index in [2.05, 4.69) is 9.89 Å². The van der Waals surface area contributed by atoms with Crippen LogP contribution in [0.15, 0.2) is 23.2 Å². The number of likely N-dealkylation sites (tertiary alicyclic amines) is 1. The van der Waals surface area contributed by atoms with Gasteiger partial charge in [0, 0.05) is 18.2 Å². The lowest BCUT2D eigenvalue weighted by Gasteiger charge is -2.47. The standard InChI is InChI=1S/C29H45N5O4/c1-20(2)19-38-26(35)18-33-17-22-10-7-14-25(27(22)32-29(33)31)37-16-6-5-13-24(28(30)36)34-15-8-11-21-9-3-4-12-23(21)34/h7,10,14,20-21,23-24H,3-6,8-9,11-13,15-19H2,1-2H3,(H2,30,36)(H2,31,32). The number of rotatable bonds is 12.